The van der Waals surface area contributed by atoms with Crippen molar-refractivity contribution in [2.24, 2.45) is 0 Å². The fraction of sp³-hybridized carbons (Fsp3) is 0.394. The standard InChI is InChI=1S/C33H39N3O13/c1-6-7-13-24(35-30(41)22-11-8-15-26(46-18(2)37)28(22)48-20(4)39)32(43)34-17-10-14-25(33(44)45)36-31(42)23-12-9-16-27(47-19(3)38)29(23)49-21(5)40/h8-9,11-12,15-16,24-25H,6-7,10,13-14,17H2,1-5H3,(H,34,43)(H,35,41)(H,36,42)(H,44,45)/t24-,25-/m0/s1. The number of nitrogens with one attached hydrogen (secondary N) is 3. The fourth-order valence-corrected chi connectivity index (χ4v) is 4.41. The van der Waals surface area contributed by atoms with Gasteiger partial charge in [0.15, 0.2) is 23.0 Å². The van der Waals surface area contributed by atoms with Crippen molar-refractivity contribution in [1.82, 2.24) is 16.0 Å². The van der Waals surface area contributed by atoms with Crippen LogP contribution in [0.4, 0.5) is 0 Å². The molecule has 0 bridgehead atoms. The van der Waals surface area contributed by atoms with Gasteiger partial charge < -0.3 is 40.0 Å². The van der Waals surface area contributed by atoms with E-state index in [9.17, 15) is 43.5 Å². The van der Waals surface area contributed by atoms with Crippen molar-refractivity contribution < 1.29 is 62.4 Å². The average Bonchev–Trinajstić information content (AvgIpc) is 3.00. The maximum absolute atomic E-state index is 13.3. The highest BCUT2D eigenvalue weighted by atomic mass is 16.6. The average molecular weight is 686 g/mol. The maximum Gasteiger partial charge on any atom is 0.326 e. The number of amides is 3. The van der Waals surface area contributed by atoms with E-state index in [0.717, 1.165) is 27.7 Å². The Hall–Kier alpha value is -5.80. The van der Waals surface area contributed by atoms with Gasteiger partial charge in [-0.25, -0.2) is 4.79 Å². The molecule has 2 aromatic carbocycles. The molecule has 0 spiro atoms. The molecule has 264 valence electrons. The summed E-state index contributed by atoms with van der Waals surface area (Å²) in [5, 5.41) is 17.3. The van der Waals surface area contributed by atoms with Crippen molar-refractivity contribution in [3.8, 4) is 23.0 Å². The predicted octanol–water partition coefficient (Wildman–Crippen LogP) is 2.46. The zero-order valence-electron chi connectivity index (χ0n) is 27.7. The summed E-state index contributed by atoms with van der Waals surface area (Å²) >= 11 is 0. The number of para-hydroxylation sites is 2. The third-order valence-electron chi connectivity index (χ3n) is 6.49. The van der Waals surface area contributed by atoms with Gasteiger partial charge in [-0.3, -0.25) is 33.6 Å². The number of benzene rings is 2. The van der Waals surface area contributed by atoms with E-state index in [-0.39, 0.29) is 59.9 Å². The van der Waals surface area contributed by atoms with Gasteiger partial charge in [-0.2, -0.15) is 0 Å². The van der Waals surface area contributed by atoms with Gasteiger partial charge in [0.25, 0.3) is 11.8 Å². The summed E-state index contributed by atoms with van der Waals surface area (Å²) < 4.78 is 20.3. The van der Waals surface area contributed by atoms with E-state index < -0.39 is 59.7 Å². The Morgan fingerprint density at radius 1 is 0.633 bits per heavy atom. The molecular formula is C33H39N3O13. The van der Waals surface area contributed by atoms with Crippen LogP contribution in [0.15, 0.2) is 36.4 Å². The van der Waals surface area contributed by atoms with Gasteiger partial charge in [0.1, 0.15) is 12.1 Å². The molecule has 2 rings (SSSR count). The largest absolute Gasteiger partial charge is 0.480 e. The Morgan fingerprint density at radius 3 is 1.47 bits per heavy atom. The number of carbonyl (C=O) groups is 8. The number of rotatable bonds is 17. The van der Waals surface area contributed by atoms with E-state index in [1.807, 2.05) is 6.92 Å². The molecule has 49 heavy (non-hydrogen) atoms. The second-order valence-corrected chi connectivity index (χ2v) is 10.6. The first kappa shape index (κ1) is 39.4. The highest BCUT2D eigenvalue weighted by Gasteiger charge is 2.27. The SMILES string of the molecule is CCCC[C@H](NC(=O)c1cccc(OC(C)=O)c1OC(C)=O)C(=O)NCCC[C@H](NC(=O)c1cccc(OC(C)=O)c1OC(C)=O)C(=O)O. The summed E-state index contributed by atoms with van der Waals surface area (Å²) in [7, 11) is 0. The van der Waals surface area contributed by atoms with Crippen LogP contribution in [0, 0.1) is 0 Å². The number of carboxylic acid groups (broad SMARTS) is 1. The van der Waals surface area contributed by atoms with Crippen molar-refractivity contribution in [3.05, 3.63) is 47.5 Å². The van der Waals surface area contributed by atoms with Crippen molar-refractivity contribution in [1.29, 1.82) is 0 Å². The van der Waals surface area contributed by atoms with Crippen molar-refractivity contribution in [2.45, 2.75) is 78.8 Å². The molecule has 0 aliphatic carbocycles. The van der Waals surface area contributed by atoms with Gasteiger partial charge in [-0.15, -0.1) is 0 Å². The van der Waals surface area contributed by atoms with E-state index in [0.29, 0.717) is 12.8 Å². The Morgan fingerprint density at radius 2 is 1.06 bits per heavy atom. The molecule has 0 unspecified atom stereocenters. The molecule has 0 radical (unpaired) electrons. The molecule has 2 atom stereocenters. The molecule has 16 nitrogen and oxygen atoms in total. The van der Waals surface area contributed by atoms with Crippen LogP contribution in [-0.2, 0) is 28.8 Å². The highest BCUT2D eigenvalue weighted by molar-refractivity contribution is 6.02. The van der Waals surface area contributed by atoms with E-state index in [4.69, 9.17) is 18.9 Å². The van der Waals surface area contributed by atoms with Crippen LogP contribution in [0.3, 0.4) is 0 Å². The number of carbonyl (C=O) groups excluding carboxylic acids is 7. The Kier molecular flexibility index (Phi) is 15.4. The number of unbranched alkanes of at least 4 members (excludes halogenated alkanes) is 1. The lowest BCUT2D eigenvalue weighted by Gasteiger charge is -2.20. The number of carboxylic acids is 1. The normalized spacial score (nSPS) is 11.6. The van der Waals surface area contributed by atoms with Gasteiger partial charge in [0.05, 0.1) is 11.1 Å². The Bertz CT molecular complexity index is 1590. The van der Waals surface area contributed by atoms with E-state index >= 15 is 0 Å². The molecule has 0 saturated heterocycles. The van der Waals surface area contributed by atoms with Crippen LogP contribution in [0.25, 0.3) is 0 Å². The van der Waals surface area contributed by atoms with Crippen LogP contribution < -0.4 is 34.9 Å². The summed E-state index contributed by atoms with van der Waals surface area (Å²) in [6, 6.07) is 5.52. The van der Waals surface area contributed by atoms with Gasteiger partial charge in [0.2, 0.25) is 5.91 Å². The Balaban J connectivity index is 2.12. The molecule has 0 aromatic heterocycles. The predicted molar refractivity (Wildman–Crippen MR) is 170 cm³/mol. The molecule has 0 fully saturated rings. The zero-order valence-corrected chi connectivity index (χ0v) is 27.7. The third kappa shape index (κ3) is 12.7. The lowest BCUT2D eigenvalue weighted by Crippen LogP contribution is -2.47. The van der Waals surface area contributed by atoms with Crippen molar-refractivity contribution >= 4 is 47.6 Å². The summed E-state index contributed by atoms with van der Waals surface area (Å²) in [6.45, 7) is 6.28. The van der Waals surface area contributed by atoms with Crippen molar-refractivity contribution in [3.63, 3.8) is 0 Å². The first-order valence-electron chi connectivity index (χ1n) is 15.3. The van der Waals surface area contributed by atoms with Gasteiger partial charge in [-0.05, 0) is 43.5 Å². The molecular weight excluding hydrogens is 646 g/mol. The molecule has 0 heterocycles. The van der Waals surface area contributed by atoms with Crippen LogP contribution in [0.5, 0.6) is 23.0 Å². The smallest absolute Gasteiger partial charge is 0.326 e. The Labute approximate surface area is 281 Å². The number of aliphatic carboxylic acids is 1. The number of hydrogen-bond donors (Lipinski definition) is 4. The molecule has 0 aliphatic heterocycles. The molecule has 0 saturated carbocycles. The van der Waals surface area contributed by atoms with Crippen LogP contribution in [0.1, 0.15) is 87.4 Å². The number of esters is 4. The van der Waals surface area contributed by atoms with Crippen LogP contribution >= 0.6 is 0 Å². The fourth-order valence-electron chi connectivity index (χ4n) is 4.41. The quantitative estimate of drug-likeness (QED) is 0.107. The van der Waals surface area contributed by atoms with Gasteiger partial charge in [-0.1, -0.05) is 31.9 Å². The van der Waals surface area contributed by atoms with E-state index in [2.05, 4.69) is 16.0 Å². The van der Waals surface area contributed by atoms with Gasteiger partial charge in [0, 0.05) is 34.2 Å². The van der Waals surface area contributed by atoms with E-state index in [1.54, 1.807) is 0 Å². The monoisotopic (exact) mass is 685 g/mol. The minimum atomic E-state index is -1.42. The summed E-state index contributed by atoms with van der Waals surface area (Å²) in [4.78, 5) is 97.7. The first-order valence-corrected chi connectivity index (χ1v) is 15.3. The van der Waals surface area contributed by atoms with Crippen LogP contribution in [0.2, 0.25) is 0 Å². The summed E-state index contributed by atoms with van der Waals surface area (Å²) in [5.74, 6) is -7.72. The lowest BCUT2D eigenvalue weighted by atomic mass is 10.1. The molecule has 16 heteroatoms. The molecule has 2 aromatic rings. The highest BCUT2D eigenvalue weighted by Crippen LogP contribution is 2.33. The number of hydrogen-bond acceptors (Lipinski definition) is 12. The maximum atomic E-state index is 13.3. The first-order chi connectivity index (χ1) is 23.1. The second-order valence-electron chi connectivity index (χ2n) is 10.6. The zero-order chi connectivity index (χ0) is 36.7. The minimum Gasteiger partial charge on any atom is -0.480 e. The topological polar surface area (TPSA) is 230 Å². The number of ether oxygens (including phenoxy) is 4. The van der Waals surface area contributed by atoms with Crippen LogP contribution in [-0.4, -0.2) is 71.3 Å². The summed E-state index contributed by atoms with van der Waals surface area (Å²) in [5.41, 5.74) is -0.406. The third-order valence-corrected chi connectivity index (χ3v) is 6.49. The van der Waals surface area contributed by atoms with E-state index in [1.165, 1.54) is 36.4 Å². The van der Waals surface area contributed by atoms with Gasteiger partial charge >= 0.3 is 29.8 Å². The molecule has 3 amide bonds. The second kappa shape index (κ2) is 19.1. The summed E-state index contributed by atoms with van der Waals surface area (Å²) in [6.07, 6.45) is 1.45. The molecule has 0 aliphatic rings. The minimum absolute atomic E-state index is 0.0295. The van der Waals surface area contributed by atoms with Crippen molar-refractivity contribution in [2.75, 3.05) is 6.54 Å². The lowest BCUT2D eigenvalue weighted by molar-refractivity contribution is -0.139. The molecule has 4 N–H and O–H groups in total.